The van der Waals surface area contributed by atoms with Crippen LogP contribution in [0.15, 0.2) is 6.07 Å². The van der Waals surface area contributed by atoms with E-state index < -0.39 is 22.8 Å². The minimum Gasteiger partial charge on any atom is -0.388 e. The molecule has 114 valence electrons. The van der Waals surface area contributed by atoms with Gasteiger partial charge in [0.15, 0.2) is 5.69 Å². The molecule has 0 amide bonds. The molecule has 0 bridgehead atoms. The molecule has 1 rings (SSSR count). The summed E-state index contributed by atoms with van der Waals surface area (Å²) in [5, 5.41) is 12.1. The maximum absolute atomic E-state index is 12.5. The predicted molar refractivity (Wildman–Crippen MR) is 67.7 cm³/mol. The SMILES string of the molecule is COCCC(C)(O)CNc1cc(C(F)(F)F)nc(Cl)n1. The van der Waals surface area contributed by atoms with Crippen LogP contribution in [0, 0.1) is 0 Å². The summed E-state index contributed by atoms with van der Waals surface area (Å²) in [6.07, 6.45) is -4.29. The van der Waals surface area contributed by atoms with Crippen molar-refractivity contribution in [2.75, 3.05) is 25.6 Å². The second-order valence-corrected chi connectivity index (χ2v) is 4.84. The number of halogens is 4. The number of nitrogens with zero attached hydrogens (tertiary/aromatic N) is 2. The molecule has 0 aromatic carbocycles. The topological polar surface area (TPSA) is 67.3 Å². The van der Waals surface area contributed by atoms with E-state index in [0.717, 1.165) is 6.07 Å². The lowest BCUT2D eigenvalue weighted by Crippen LogP contribution is -2.35. The van der Waals surface area contributed by atoms with Crippen LogP contribution in [0.5, 0.6) is 0 Å². The summed E-state index contributed by atoms with van der Waals surface area (Å²) in [5.41, 5.74) is -2.29. The third-order valence-corrected chi connectivity index (χ3v) is 2.65. The van der Waals surface area contributed by atoms with Gasteiger partial charge in [-0.1, -0.05) is 0 Å². The van der Waals surface area contributed by atoms with Crippen molar-refractivity contribution in [3.63, 3.8) is 0 Å². The molecule has 1 heterocycles. The molecule has 20 heavy (non-hydrogen) atoms. The molecule has 0 radical (unpaired) electrons. The van der Waals surface area contributed by atoms with Crippen molar-refractivity contribution >= 4 is 17.4 Å². The number of aromatic nitrogens is 2. The Kier molecular flexibility index (Phi) is 5.55. The van der Waals surface area contributed by atoms with Gasteiger partial charge < -0.3 is 15.2 Å². The Balaban J connectivity index is 2.76. The van der Waals surface area contributed by atoms with Crippen LogP contribution < -0.4 is 5.32 Å². The summed E-state index contributed by atoms with van der Waals surface area (Å²) < 4.78 is 42.5. The first-order chi connectivity index (χ1) is 9.14. The molecule has 1 unspecified atom stereocenters. The van der Waals surface area contributed by atoms with Crippen molar-refractivity contribution in [3.8, 4) is 0 Å². The van der Waals surface area contributed by atoms with Crippen LogP contribution in [0.25, 0.3) is 0 Å². The van der Waals surface area contributed by atoms with Crippen molar-refractivity contribution in [1.82, 2.24) is 9.97 Å². The lowest BCUT2D eigenvalue weighted by atomic mass is 10.0. The molecule has 0 aliphatic heterocycles. The Labute approximate surface area is 119 Å². The zero-order chi connectivity index (χ0) is 15.4. The first kappa shape index (κ1) is 16.9. The standard InChI is InChI=1S/C11H15ClF3N3O2/c1-10(19,3-4-20-2)6-16-8-5-7(11(13,14)15)17-9(12)18-8/h5,19H,3-4,6H2,1-2H3,(H,16,17,18). The normalized spacial score (nSPS) is 14.9. The van der Waals surface area contributed by atoms with E-state index in [1.165, 1.54) is 14.0 Å². The van der Waals surface area contributed by atoms with E-state index >= 15 is 0 Å². The van der Waals surface area contributed by atoms with Gasteiger partial charge in [0.2, 0.25) is 5.28 Å². The zero-order valence-electron chi connectivity index (χ0n) is 11.0. The number of aliphatic hydroxyl groups is 1. The first-order valence-electron chi connectivity index (χ1n) is 5.71. The summed E-state index contributed by atoms with van der Waals surface area (Å²) in [6.45, 7) is 1.86. The monoisotopic (exact) mass is 313 g/mol. The third-order valence-electron chi connectivity index (χ3n) is 2.48. The number of anilines is 1. The number of nitrogens with one attached hydrogen (secondary N) is 1. The average Bonchev–Trinajstić information content (AvgIpc) is 2.32. The van der Waals surface area contributed by atoms with Gasteiger partial charge in [-0.05, 0) is 18.5 Å². The van der Waals surface area contributed by atoms with Gasteiger partial charge in [-0.2, -0.15) is 13.2 Å². The van der Waals surface area contributed by atoms with E-state index in [2.05, 4.69) is 15.3 Å². The lowest BCUT2D eigenvalue weighted by Gasteiger charge is -2.23. The number of ether oxygens (including phenoxy) is 1. The van der Waals surface area contributed by atoms with Crippen LogP contribution >= 0.6 is 11.6 Å². The molecule has 9 heteroatoms. The largest absolute Gasteiger partial charge is 0.433 e. The van der Waals surface area contributed by atoms with Crippen LogP contribution in [0.1, 0.15) is 19.0 Å². The Hall–Kier alpha value is -1.12. The molecule has 0 saturated carbocycles. The van der Waals surface area contributed by atoms with Gasteiger partial charge in [-0.15, -0.1) is 0 Å². The Morgan fingerprint density at radius 1 is 1.40 bits per heavy atom. The molecule has 0 spiro atoms. The van der Waals surface area contributed by atoms with Crippen LogP contribution in [0.2, 0.25) is 5.28 Å². The van der Waals surface area contributed by atoms with E-state index in [1.54, 1.807) is 0 Å². The Morgan fingerprint density at radius 3 is 2.60 bits per heavy atom. The summed E-state index contributed by atoms with van der Waals surface area (Å²) in [4.78, 5) is 6.74. The van der Waals surface area contributed by atoms with Gasteiger partial charge in [-0.3, -0.25) is 0 Å². The molecule has 1 aromatic heterocycles. The number of alkyl halides is 3. The van der Waals surface area contributed by atoms with Crippen molar-refractivity contribution < 1.29 is 23.0 Å². The molecule has 0 fully saturated rings. The molecule has 5 nitrogen and oxygen atoms in total. The number of hydrogen-bond donors (Lipinski definition) is 2. The fraction of sp³-hybridized carbons (Fsp3) is 0.636. The molecule has 1 aromatic rings. The molecule has 1 atom stereocenters. The van der Waals surface area contributed by atoms with Crippen molar-refractivity contribution in [3.05, 3.63) is 17.0 Å². The van der Waals surface area contributed by atoms with Crippen LogP contribution in [-0.4, -0.2) is 40.9 Å². The molecule has 0 aliphatic rings. The molecular formula is C11H15ClF3N3O2. The number of rotatable bonds is 6. The lowest BCUT2D eigenvalue weighted by molar-refractivity contribution is -0.141. The summed E-state index contributed by atoms with van der Waals surface area (Å²) >= 11 is 5.44. The highest BCUT2D eigenvalue weighted by Gasteiger charge is 2.33. The van der Waals surface area contributed by atoms with Crippen LogP contribution in [-0.2, 0) is 10.9 Å². The highest BCUT2D eigenvalue weighted by Crippen LogP contribution is 2.29. The van der Waals surface area contributed by atoms with Gasteiger partial charge >= 0.3 is 6.18 Å². The van der Waals surface area contributed by atoms with Crippen molar-refractivity contribution in [1.29, 1.82) is 0 Å². The van der Waals surface area contributed by atoms with Crippen molar-refractivity contribution in [2.24, 2.45) is 0 Å². The average molecular weight is 314 g/mol. The summed E-state index contributed by atoms with van der Waals surface area (Å²) in [6, 6.07) is 0.734. The Morgan fingerprint density at radius 2 is 2.05 bits per heavy atom. The molecule has 0 aliphatic carbocycles. The van der Waals surface area contributed by atoms with Crippen molar-refractivity contribution in [2.45, 2.75) is 25.1 Å². The third kappa shape index (κ3) is 5.48. The van der Waals surface area contributed by atoms with Gasteiger partial charge in [0.05, 0.1) is 5.60 Å². The van der Waals surface area contributed by atoms with E-state index in [-0.39, 0.29) is 12.4 Å². The van der Waals surface area contributed by atoms with Gasteiger partial charge in [0, 0.05) is 32.7 Å². The quantitative estimate of drug-likeness (QED) is 0.789. The second kappa shape index (κ2) is 6.55. The van der Waals surface area contributed by atoms with E-state index in [9.17, 15) is 18.3 Å². The number of methoxy groups -OCH3 is 1. The summed E-state index contributed by atoms with van der Waals surface area (Å²) in [7, 11) is 1.49. The van der Waals surface area contributed by atoms with Gasteiger partial charge in [0.1, 0.15) is 5.82 Å². The molecular weight excluding hydrogens is 299 g/mol. The predicted octanol–water partition coefficient (Wildman–Crippen LogP) is 2.35. The van der Waals surface area contributed by atoms with Crippen LogP contribution in [0.3, 0.4) is 0 Å². The minimum absolute atomic E-state index is 0.000991. The second-order valence-electron chi connectivity index (χ2n) is 4.50. The van der Waals surface area contributed by atoms with E-state index in [4.69, 9.17) is 16.3 Å². The van der Waals surface area contributed by atoms with Gasteiger partial charge in [-0.25, -0.2) is 9.97 Å². The highest BCUT2D eigenvalue weighted by atomic mass is 35.5. The summed E-state index contributed by atoms with van der Waals surface area (Å²) in [5.74, 6) is -0.102. The minimum atomic E-state index is -4.61. The fourth-order valence-electron chi connectivity index (χ4n) is 1.34. The van der Waals surface area contributed by atoms with Crippen LogP contribution in [0.4, 0.5) is 19.0 Å². The zero-order valence-corrected chi connectivity index (χ0v) is 11.7. The highest BCUT2D eigenvalue weighted by molar-refractivity contribution is 6.28. The maximum Gasteiger partial charge on any atom is 0.433 e. The van der Waals surface area contributed by atoms with E-state index in [1.807, 2.05) is 0 Å². The first-order valence-corrected chi connectivity index (χ1v) is 6.09. The Bertz CT molecular complexity index is 455. The fourth-order valence-corrected chi connectivity index (χ4v) is 1.53. The molecule has 0 saturated heterocycles. The smallest absolute Gasteiger partial charge is 0.388 e. The van der Waals surface area contributed by atoms with Gasteiger partial charge in [0.25, 0.3) is 0 Å². The maximum atomic E-state index is 12.5. The van der Waals surface area contributed by atoms with E-state index in [0.29, 0.717) is 13.0 Å². The molecule has 2 N–H and O–H groups in total. The number of hydrogen-bond acceptors (Lipinski definition) is 5.